The van der Waals surface area contributed by atoms with Crippen LogP contribution in [0.1, 0.15) is 35.1 Å². The number of carboxylic acids is 1. The summed E-state index contributed by atoms with van der Waals surface area (Å²) in [5.41, 5.74) is 2.86. The molecule has 0 unspecified atom stereocenters. The Kier molecular flexibility index (Phi) is 6.66. The zero-order valence-electron chi connectivity index (χ0n) is 17.0. The first-order chi connectivity index (χ1) is 13.8. The summed E-state index contributed by atoms with van der Waals surface area (Å²) in [7, 11) is 3.23. The third kappa shape index (κ3) is 4.65. The normalized spacial score (nSPS) is 22.1. The molecular weight excluding hydrogens is 396 g/mol. The number of rotatable bonds is 7. The molecule has 9 nitrogen and oxygen atoms in total. The molecule has 2 atom stereocenters. The van der Waals surface area contributed by atoms with E-state index in [0.717, 1.165) is 22.6 Å². The minimum absolute atomic E-state index is 0.154. The van der Waals surface area contributed by atoms with Crippen LogP contribution in [0.2, 0.25) is 0 Å². The maximum absolute atomic E-state index is 12.7. The van der Waals surface area contributed by atoms with Crippen molar-refractivity contribution in [3.8, 4) is 0 Å². The maximum Gasteiger partial charge on any atom is 0.347 e. The molecule has 0 saturated carbocycles. The van der Waals surface area contributed by atoms with Crippen molar-refractivity contribution in [3.05, 3.63) is 21.8 Å². The van der Waals surface area contributed by atoms with Crippen LogP contribution < -0.4 is 10.2 Å². The number of piperidine rings is 1. The first-order valence-electron chi connectivity index (χ1n) is 9.38. The van der Waals surface area contributed by atoms with Crippen LogP contribution in [0.15, 0.2) is 16.3 Å². The van der Waals surface area contributed by atoms with Gasteiger partial charge in [0.05, 0.1) is 24.4 Å². The lowest BCUT2D eigenvalue weighted by Gasteiger charge is -2.38. The van der Waals surface area contributed by atoms with Crippen LogP contribution in [0.3, 0.4) is 0 Å². The number of amides is 1. The summed E-state index contributed by atoms with van der Waals surface area (Å²) in [4.78, 5) is 35.0. The predicted molar refractivity (Wildman–Crippen MR) is 110 cm³/mol. The van der Waals surface area contributed by atoms with Gasteiger partial charge < -0.3 is 24.8 Å². The largest absolute Gasteiger partial charge is 0.477 e. The highest BCUT2D eigenvalue weighted by atomic mass is 32.1. The molecule has 1 fully saturated rings. The van der Waals surface area contributed by atoms with Gasteiger partial charge >= 0.3 is 5.97 Å². The molecule has 0 bridgehead atoms. The topological polar surface area (TPSA) is 113 Å². The highest BCUT2D eigenvalue weighted by molar-refractivity contribution is 7.17. The van der Waals surface area contributed by atoms with Crippen LogP contribution >= 0.6 is 11.3 Å². The lowest BCUT2D eigenvalue weighted by Crippen LogP contribution is -2.55. The maximum atomic E-state index is 12.7. The molecule has 0 spiro atoms. The van der Waals surface area contributed by atoms with E-state index >= 15 is 0 Å². The van der Waals surface area contributed by atoms with Gasteiger partial charge in [0.15, 0.2) is 5.13 Å². The highest BCUT2D eigenvalue weighted by Crippen LogP contribution is 2.29. The lowest BCUT2D eigenvalue weighted by molar-refractivity contribution is -0.116. The highest BCUT2D eigenvalue weighted by Gasteiger charge is 2.33. The second-order valence-electron chi connectivity index (χ2n) is 7.16. The van der Waals surface area contributed by atoms with Crippen LogP contribution in [-0.2, 0) is 14.3 Å². The molecule has 158 valence electrons. The third-order valence-electron chi connectivity index (χ3n) is 5.20. The Balaban J connectivity index is 1.62. The number of aromatic nitrogens is 1. The fourth-order valence-electron chi connectivity index (χ4n) is 3.57. The molecule has 0 aromatic carbocycles. The van der Waals surface area contributed by atoms with Crippen LogP contribution in [0.4, 0.5) is 5.13 Å². The average Bonchev–Trinajstić information content (AvgIpc) is 3.25. The van der Waals surface area contributed by atoms with Crippen LogP contribution in [0, 0.1) is 6.92 Å². The summed E-state index contributed by atoms with van der Waals surface area (Å²) in [5, 5.41) is 13.0. The van der Waals surface area contributed by atoms with Gasteiger partial charge in [0.1, 0.15) is 10.6 Å². The number of aromatic carboxylic acids is 1. The smallest absolute Gasteiger partial charge is 0.347 e. The van der Waals surface area contributed by atoms with Gasteiger partial charge in [-0.05, 0) is 25.8 Å². The number of hydrogen-bond donors (Lipinski definition) is 2. The van der Waals surface area contributed by atoms with Crippen molar-refractivity contribution in [3.63, 3.8) is 0 Å². The molecule has 1 aromatic heterocycles. The third-order valence-corrected chi connectivity index (χ3v) is 6.41. The first kappa shape index (κ1) is 21.4. The Morgan fingerprint density at radius 3 is 2.72 bits per heavy atom. The van der Waals surface area contributed by atoms with Crippen LogP contribution in [-0.4, -0.2) is 73.7 Å². The monoisotopic (exact) mass is 422 g/mol. The van der Waals surface area contributed by atoms with Crippen LogP contribution in [0.5, 0.6) is 0 Å². The molecule has 29 heavy (non-hydrogen) atoms. The Hall–Kier alpha value is -2.30. The van der Waals surface area contributed by atoms with E-state index in [-0.39, 0.29) is 22.9 Å². The number of aryl methyl sites for hydroxylation is 1. The van der Waals surface area contributed by atoms with Crippen molar-refractivity contribution in [1.29, 1.82) is 0 Å². The quantitative estimate of drug-likeness (QED) is 0.686. The Morgan fingerprint density at radius 2 is 2.10 bits per heavy atom. The molecule has 1 saturated heterocycles. The van der Waals surface area contributed by atoms with E-state index in [1.54, 1.807) is 21.1 Å². The number of thiazole rings is 1. The zero-order chi connectivity index (χ0) is 21.1. The number of carboxylic acid groups (broad SMARTS) is 1. The standard InChI is InChI=1S/C19H26N4O5S/c1-10-12(9-27-3)7-14(20-10)17(24)22-13-5-6-23(8-15(13)28-4)19-21-11(2)16(29-19)18(25)26/h13,15H,5-9H2,1-4H3,(H,22,24)(H,25,26)/t13-,15+/m1/s1. The molecule has 10 heteroatoms. The SMILES string of the molecule is COCC1=C(C)N=C(C(=O)N[C@@H]2CCN(c3nc(C)c(C(=O)O)s3)C[C@@H]2OC)C1. The molecule has 3 heterocycles. The number of anilines is 1. The van der Waals surface area contributed by atoms with E-state index in [0.29, 0.717) is 49.1 Å². The number of aliphatic imine (C=N–C) groups is 1. The summed E-state index contributed by atoms with van der Waals surface area (Å²) >= 11 is 1.16. The minimum Gasteiger partial charge on any atom is -0.477 e. The van der Waals surface area contributed by atoms with E-state index in [1.165, 1.54) is 0 Å². The number of carbonyl (C=O) groups excluding carboxylic acids is 1. The van der Waals surface area contributed by atoms with E-state index < -0.39 is 5.97 Å². The molecular formula is C19H26N4O5S. The summed E-state index contributed by atoms with van der Waals surface area (Å²) in [6.07, 6.45) is 0.925. The summed E-state index contributed by atoms with van der Waals surface area (Å²) in [6, 6.07) is -0.154. The second-order valence-corrected chi connectivity index (χ2v) is 8.14. The molecule has 1 amide bonds. The summed E-state index contributed by atoms with van der Waals surface area (Å²) in [5.74, 6) is -1.15. The molecule has 3 rings (SSSR count). The van der Waals surface area contributed by atoms with Crippen molar-refractivity contribution in [2.75, 3.05) is 38.8 Å². The van der Waals surface area contributed by atoms with E-state index in [2.05, 4.69) is 15.3 Å². The fraction of sp³-hybridized carbons (Fsp3) is 0.579. The van der Waals surface area contributed by atoms with Gasteiger partial charge in [0.2, 0.25) is 0 Å². The lowest BCUT2D eigenvalue weighted by atomic mass is 10.0. The molecule has 2 aliphatic rings. The number of nitrogens with one attached hydrogen (secondary N) is 1. The Bertz CT molecular complexity index is 863. The fourth-order valence-corrected chi connectivity index (χ4v) is 4.51. The van der Waals surface area contributed by atoms with Crippen molar-refractivity contribution >= 4 is 34.1 Å². The zero-order valence-corrected chi connectivity index (χ0v) is 17.8. The van der Waals surface area contributed by atoms with Crippen LogP contribution in [0.25, 0.3) is 0 Å². The van der Waals surface area contributed by atoms with Gasteiger partial charge in [-0.1, -0.05) is 11.3 Å². The number of ether oxygens (including phenoxy) is 2. The number of allylic oxidation sites excluding steroid dienone is 1. The van der Waals surface area contributed by atoms with E-state index in [1.807, 2.05) is 11.8 Å². The number of carbonyl (C=O) groups is 2. The van der Waals surface area contributed by atoms with Crippen molar-refractivity contribution in [2.24, 2.45) is 4.99 Å². The van der Waals surface area contributed by atoms with Gasteiger partial charge in [-0.2, -0.15) is 0 Å². The predicted octanol–water partition coefficient (Wildman–Crippen LogP) is 1.62. The van der Waals surface area contributed by atoms with E-state index in [9.17, 15) is 14.7 Å². The Morgan fingerprint density at radius 1 is 1.34 bits per heavy atom. The van der Waals surface area contributed by atoms with Gasteiger partial charge in [-0.3, -0.25) is 9.79 Å². The molecule has 0 aliphatic carbocycles. The minimum atomic E-state index is -0.967. The summed E-state index contributed by atoms with van der Waals surface area (Å²) < 4.78 is 10.8. The van der Waals surface area contributed by atoms with Crippen molar-refractivity contribution in [1.82, 2.24) is 10.3 Å². The molecule has 2 N–H and O–H groups in total. The number of methoxy groups -OCH3 is 2. The molecule has 0 radical (unpaired) electrons. The Labute approximate surface area is 173 Å². The van der Waals surface area contributed by atoms with Gasteiger partial charge in [-0.25, -0.2) is 9.78 Å². The number of hydrogen-bond acceptors (Lipinski definition) is 8. The van der Waals surface area contributed by atoms with Gasteiger partial charge in [0.25, 0.3) is 5.91 Å². The van der Waals surface area contributed by atoms with Gasteiger partial charge in [0, 0.05) is 39.4 Å². The molecule has 1 aromatic rings. The van der Waals surface area contributed by atoms with Gasteiger partial charge in [-0.15, -0.1) is 0 Å². The first-order valence-corrected chi connectivity index (χ1v) is 10.2. The molecule has 2 aliphatic heterocycles. The average molecular weight is 423 g/mol. The second kappa shape index (κ2) is 9.02. The number of nitrogens with zero attached hydrogens (tertiary/aromatic N) is 3. The summed E-state index contributed by atoms with van der Waals surface area (Å²) in [6.45, 7) is 5.21. The van der Waals surface area contributed by atoms with Crippen molar-refractivity contribution in [2.45, 2.75) is 38.8 Å². The van der Waals surface area contributed by atoms with Crippen molar-refractivity contribution < 1.29 is 24.2 Å². The van der Waals surface area contributed by atoms with E-state index in [4.69, 9.17) is 9.47 Å².